The van der Waals surface area contributed by atoms with E-state index in [1.165, 1.54) is 22.9 Å². The van der Waals surface area contributed by atoms with Crippen LogP contribution in [0.1, 0.15) is 65.2 Å². The van der Waals surface area contributed by atoms with Crippen molar-refractivity contribution in [1.82, 2.24) is 19.7 Å². The minimum atomic E-state index is -3.91. The van der Waals surface area contributed by atoms with Crippen molar-refractivity contribution in [1.29, 1.82) is 0 Å². The highest BCUT2D eigenvalue weighted by atomic mass is 35.5. The molecule has 1 aromatic carbocycles. The summed E-state index contributed by atoms with van der Waals surface area (Å²) in [5.74, 6) is -1.36. The van der Waals surface area contributed by atoms with Crippen molar-refractivity contribution >= 4 is 68.7 Å². The maximum atomic E-state index is 13.5. The molecule has 6 atom stereocenters. The summed E-state index contributed by atoms with van der Waals surface area (Å²) >= 11 is 13.5. The van der Waals surface area contributed by atoms with Crippen LogP contribution in [-0.4, -0.2) is 85.6 Å². The number of carboxylic acids is 1. The van der Waals surface area contributed by atoms with Crippen LogP contribution in [0.5, 0.6) is 0 Å². The Bertz CT molecular complexity index is 1320. The predicted octanol–water partition coefficient (Wildman–Crippen LogP) is 3.53. The Morgan fingerprint density at radius 3 is 2.68 bits per heavy atom. The van der Waals surface area contributed by atoms with Gasteiger partial charge in [-0.3, -0.25) is 14.9 Å². The maximum Gasteiger partial charge on any atom is 0.326 e. The van der Waals surface area contributed by atoms with Gasteiger partial charge < -0.3 is 20.1 Å². The third kappa shape index (κ3) is 8.31. The Labute approximate surface area is 272 Å². The Balaban J connectivity index is 1.32. The standard InChI is InChI=1S/C28H41Cl2N5O7S2/c1-3-42-28(39)19(32-16(2)26(36)35-21-10-5-4-8-17(21)12-22(35)27(37)38)9-6-7-11-31-44(40,41)24-14-23-20(13-18(24)30)33-25(15-29)34-43-23/h13-14,16-17,19,21-22,25,31-34H,3-12,15H2,1-2H3,(H,37,38)/t16-,17+,19-,21+,22-,25?/m0/s1. The first-order chi connectivity index (χ1) is 21.0. The molecule has 2 fully saturated rings. The molecule has 1 saturated carbocycles. The highest BCUT2D eigenvalue weighted by Gasteiger charge is 2.48. The second-order valence-electron chi connectivity index (χ2n) is 11.4. The van der Waals surface area contributed by atoms with E-state index in [9.17, 15) is 27.9 Å². The van der Waals surface area contributed by atoms with Crippen LogP contribution in [0.15, 0.2) is 21.9 Å². The van der Waals surface area contributed by atoms with Gasteiger partial charge in [-0.1, -0.05) is 24.4 Å². The van der Waals surface area contributed by atoms with Crippen molar-refractivity contribution in [2.45, 2.75) is 105 Å². The number of halogens is 2. The van der Waals surface area contributed by atoms with Gasteiger partial charge >= 0.3 is 11.9 Å². The van der Waals surface area contributed by atoms with Crippen molar-refractivity contribution < 1.29 is 32.6 Å². The molecule has 1 aromatic rings. The summed E-state index contributed by atoms with van der Waals surface area (Å²) in [5.41, 5.74) is 0.690. The number of fused-ring (bicyclic) bond motifs is 2. The number of ether oxygens (including phenoxy) is 1. The molecule has 16 heteroatoms. The van der Waals surface area contributed by atoms with Gasteiger partial charge in [0.1, 0.15) is 23.1 Å². The lowest BCUT2D eigenvalue weighted by molar-refractivity contribution is -0.152. The lowest BCUT2D eigenvalue weighted by Gasteiger charge is -2.35. The fraction of sp³-hybridized carbons (Fsp3) is 0.679. The van der Waals surface area contributed by atoms with Crippen molar-refractivity contribution in [2.75, 3.05) is 24.3 Å². The average Bonchev–Trinajstić information content (AvgIpc) is 3.39. The Kier molecular flexibility index (Phi) is 12.5. The number of carboxylic acid groups (broad SMARTS) is 1. The van der Waals surface area contributed by atoms with Gasteiger partial charge in [0, 0.05) is 17.5 Å². The van der Waals surface area contributed by atoms with E-state index in [-0.39, 0.29) is 47.1 Å². The molecular formula is C28H41Cl2N5O7S2. The number of unbranched alkanes of at least 4 members (excludes halogenated alkanes) is 1. The first-order valence-electron chi connectivity index (χ1n) is 15.0. The topological polar surface area (TPSA) is 166 Å². The molecule has 12 nitrogen and oxygen atoms in total. The summed E-state index contributed by atoms with van der Waals surface area (Å²) in [5, 5.41) is 16.1. The first kappa shape index (κ1) is 35.1. The number of alkyl halides is 1. The van der Waals surface area contributed by atoms with Gasteiger partial charge in [0.05, 0.1) is 29.2 Å². The molecule has 2 heterocycles. The van der Waals surface area contributed by atoms with Crippen molar-refractivity contribution in [2.24, 2.45) is 5.92 Å². The number of hydrogen-bond donors (Lipinski definition) is 5. The van der Waals surface area contributed by atoms with Crippen molar-refractivity contribution in [3.05, 3.63) is 17.2 Å². The third-order valence-corrected chi connectivity index (χ3v) is 11.5. The van der Waals surface area contributed by atoms with Crippen molar-refractivity contribution in [3.63, 3.8) is 0 Å². The highest BCUT2D eigenvalue weighted by Crippen LogP contribution is 2.40. The number of likely N-dealkylation sites (tertiary alicyclic amines) is 1. The molecule has 5 N–H and O–H groups in total. The first-order valence-corrected chi connectivity index (χ1v) is 18.2. The SMILES string of the molecule is CCOC(=O)[C@H](CCCCNS(=O)(=O)c1cc2c(cc1Cl)NC(CCl)NS2)N[C@@H](C)C(=O)N1[C@@H]2CCCC[C@@H]2C[C@H]1C(=O)O. The minimum absolute atomic E-state index is 0.0430. The highest BCUT2D eigenvalue weighted by molar-refractivity contribution is 7.97. The number of amides is 1. The van der Waals surface area contributed by atoms with E-state index in [2.05, 4.69) is 20.1 Å². The van der Waals surface area contributed by atoms with Crippen LogP contribution in [0.4, 0.5) is 5.69 Å². The van der Waals surface area contributed by atoms with Crippen LogP contribution >= 0.6 is 35.1 Å². The van der Waals surface area contributed by atoms with Crippen LogP contribution in [-0.2, 0) is 29.1 Å². The van der Waals surface area contributed by atoms with Gasteiger partial charge in [-0.25, -0.2) is 22.7 Å². The summed E-state index contributed by atoms with van der Waals surface area (Å²) in [4.78, 5) is 40.5. The molecule has 1 amide bonds. The Morgan fingerprint density at radius 2 is 1.98 bits per heavy atom. The van der Waals surface area contributed by atoms with E-state index < -0.39 is 40.1 Å². The zero-order valence-electron chi connectivity index (χ0n) is 24.8. The second kappa shape index (κ2) is 15.7. The number of nitrogens with one attached hydrogen (secondary N) is 4. The van der Waals surface area contributed by atoms with E-state index in [0.29, 0.717) is 42.1 Å². The average molecular weight is 695 g/mol. The molecule has 0 spiro atoms. The van der Waals surface area contributed by atoms with Gasteiger partial charge in [-0.15, -0.1) is 11.6 Å². The molecule has 3 aliphatic rings. The molecule has 0 aromatic heterocycles. The molecule has 1 aliphatic carbocycles. The zero-order valence-corrected chi connectivity index (χ0v) is 28.0. The summed E-state index contributed by atoms with van der Waals surface area (Å²) < 4.78 is 37.0. The summed E-state index contributed by atoms with van der Waals surface area (Å²) in [6, 6.07) is 0.463. The molecule has 4 rings (SSSR count). The Hall–Kier alpha value is -1.81. The van der Waals surface area contributed by atoms with Gasteiger partial charge in [-0.05, 0) is 82.4 Å². The van der Waals surface area contributed by atoms with Gasteiger partial charge in [-0.2, -0.15) is 0 Å². The monoisotopic (exact) mass is 693 g/mol. The smallest absolute Gasteiger partial charge is 0.326 e. The normalized spacial score (nSPS) is 24.5. The summed E-state index contributed by atoms with van der Waals surface area (Å²) in [6.45, 7) is 3.59. The molecule has 1 unspecified atom stereocenters. The minimum Gasteiger partial charge on any atom is -0.480 e. The number of sulfonamides is 1. The van der Waals surface area contributed by atoms with E-state index in [4.69, 9.17) is 27.9 Å². The molecule has 1 saturated heterocycles. The number of aliphatic carboxylic acids is 1. The van der Waals surface area contributed by atoms with E-state index in [1.807, 2.05) is 0 Å². The third-order valence-electron chi connectivity index (χ3n) is 8.35. The second-order valence-corrected chi connectivity index (χ2v) is 14.7. The van der Waals surface area contributed by atoms with E-state index in [1.54, 1.807) is 19.9 Å². The predicted molar refractivity (Wildman–Crippen MR) is 169 cm³/mol. The van der Waals surface area contributed by atoms with Gasteiger partial charge in [0.15, 0.2) is 0 Å². The summed E-state index contributed by atoms with van der Waals surface area (Å²) in [7, 11) is -3.91. The molecule has 246 valence electrons. The molecule has 2 aliphatic heterocycles. The number of benzene rings is 1. The molecular weight excluding hydrogens is 653 g/mol. The van der Waals surface area contributed by atoms with E-state index >= 15 is 0 Å². The lowest BCUT2D eigenvalue weighted by Crippen LogP contribution is -2.55. The molecule has 0 radical (unpaired) electrons. The van der Waals surface area contributed by atoms with E-state index in [0.717, 1.165) is 25.7 Å². The number of hydrogen-bond acceptors (Lipinski definition) is 10. The number of rotatable bonds is 14. The number of esters is 1. The lowest BCUT2D eigenvalue weighted by atomic mass is 9.84. The zero-order chi connectivity index (χ0) is 32.0. The van der Waals surface area contributed by atoms with Crippen LogP contribution in [0.2, 0.25) is 5.02 Å². The quantitative estimate of drug-likeness (QED) is 0.0837. The maximum absolute atomic E-state index is 13.5. The fourth-order valence-corrected chi connectivity index (χ4v) is 8.99. The number of carbonyl (C=O) groups is 3. The van der Waals surface area contributed by atoms with Crippen molar-refractivity contribution in [3.8, 4) is 0 Å². The van der Waals surface area contributed by atoms with Crippen LogP contribution in [0.25, 0.3) is 0 Å². The fourth-order valence-electron chi connectivity index (χ4n) is 6.22. The summed E-state index contributed by atoms with van der Waals surface area (Å²) in [6.07, 6.45) is 5.12. The van der Waals surface area contributed by atoms with Crippen LogP contribution < -0.4 is 20.1 Å². The van der Waals surface area contributed by atoms with Gasteiger partial charge in [0.2, 0.25) is 15.9 Å². The molecule has 0 bridgehead atoms. The van der Waals surface area contributed by atoms with Crippen LogP contribution in [0.3, 0.4) is 0 Å². The number of anilines is 1. The van der Waals surface area contributed by atoms with Gasteiger partial charge in [0.25, 0.3) is 0 Å². The molecule has 44 heavy (non-hydrogen) atoms. The number of carbonyl (C=O) groups excluding carboxylic acids is 2. The Morgan fingerprint density at radius 1 is 1.23 bits per heavy atom. The number of nitrogens with zero attached hydrogens (tertiary/aromatic N) is 1. The largest absolute Gasteiger partial charge is 0.480 e. The van der Waals surface area contributed by atoms with Crippen LogP contribution in [0, 0.1) is 5.92 Å².